The van der Waals surface area contributed by atoms with Crippen LogP contribution < -0.4 is 0 Å². The molecule has 0 atom stereocenters. The molecule has 21 heavy (non-hydrogen) atoms. The van der Waals surface area contributed by atoms with Crippen molar-refractivity contribution in [1.29, 1.82) is 0 Å². The van der Waals surface area contributed by atoms with E-state index in [1.165, 1.54) is 35.5 Å². The first-order chi connectivity index (χ1) is 10.1. The van der Waals surface area contributed by atoms with E-state index >= 15 is 0 Å². The van der Waals surface area contributed by atoms with Crippen molar-refractivity contribution in [3.63, 3.8) is 0 Å². The predicted molar refractivity (Wildman–Crippen MR) is 85.1 cm³/mol. The summed E-state index contributed by atoms with van der Waals surface area (Å²) < 4.78 is 15.8. The third-order valence-electron chi connectivity index (χ3n) is 3.85. The quantitative estimate of drug-likeness (QED) is 0.543. The van der Waals surface area contributed by atoms with Crippen LogP contribution in [0.25, 0.3) is 16.2 Å². The molecule has 2 nitrogen and oxygen atoms in total. The minimum Gasteiger partial charge on any atom is -0.294 e. The van der Waals surface area contributed by atoms with Gasteiger partial charge in [-0.25, -0.2) is 9.37 Å². The molecule has 0 bridgehead atoms. The van der Waals surface area contributed by atoms with Crippen LogP contribution in [0.1, 0.15) is 23.4 Å². The Morgan fingerprint density at radius 2 is 1.95 bits per heavy atom. The molecule has 0 unspecified atom stereocenters. The molecule has 1 aliphatic rings. The van der Waals surface area contributed by atoms with Crippen LogP contribution in [0.2, 0.25) is 10.0 Å². The average molecular weight is 341 g/mol. The molecule has 108 valence electrons. The minimum absolute atomic E-state index is 0.0298. The maximum absolute atomic E-state index is 13.7. The lowest BCUT2D eigenvalue weighted by atomic mass is 10.0. The molecule has 3 aromatic rings. The van der Waals surface area contributed by atoms with Gasteiger partial charge in [0.25, 0.3) is 0 Å². The molecule has 6 heteroatoms. The first-order valence-electron chi connectivity index (χ1n) is 6.78. The third-order valence-corrected chi connectivity index (χ3v) is 5.61. The van der Waals surface area contributed by atoms with Gasteiger partial charge in [0, 0.05) is 22.3 Å². The van der Waals surface area contributed by atoms with Gasteiger partial charge in [-0.15, -0.1) is 11.3 Å². The van der Waals surface area contributed by atoms with Crippen molar-refractivity contribution in [3.8, 4) is 11.3 Å². The summed E-state index contributed by atoms with van der Waals surface area (Å²) >= 11 is 13.6. The lowest BCUT2D eigenvalue weighted by Gasteiger charge is -2.10. The summed E-state index contributed by atoms with van der Waals surface area (Å²) in [6, 6.07) is 2.78. The highest BCUT2D eigenvalue weighted by Crippen LogP contribution is 2.35. The Morgan fingerprint density at radius 1 is 1.14 bits per heavy atom. The summed E-state index contributed by atoms with van der Waals surface area (Å²) in [6.07, 6.45) is 6.62. The van der Waals surface area contributed by atoms with Crippen molar-refractivity contribution < 1.29 is 4.39 Å². The summed E-state index contributed by atoms with van der Waals surface area (Å²) in [5.41, 5.74) is 2.61. The maximum atomic E-state index is 13.7. The number of aryl methyl sites for hydroxylation is 2. The highest BCUT2D eigenvalue weighted by atomic mass is 35.5. The van der Waals surface area contributed by atoms with Crippen LogP contribution in [0, 0.1) is 5.82 Å². The lowest BCUT2D eigenvalue weighted by Crippen LogP contribution is -2.01. The van der Waals surface area contributed by atoms with Gasteiger partial charge in [-0.05, 0) is 37.8 Å². The molecule has 2 aromatic heterocycles. The van der Waals surface area contributed by atoms with Crippen LogP contribution in [-0.2, 0) is 12.8 Å². The molecule has 0 aliphatic heterocycles. The Balaban J connectivity index is 1.88. The van der Waals surface area contributed by atoms with Crippen LogP contribution in [0.3, 0.4) is 0 Å². The molecule has 1 aromatic carbocycles. The van der Waals surface area contributed by atoms with Crippen LogP contribution in [-0.4, -0.2) is 9.38 Å². The first kappa shape index (κ1) is 13.6. The number of imidazole rings is 1. The van der Waals surface area contributed by atoms with Gasteiger partial charge in [-0.2, -0.15) is 0 Å². The van der Waals surface area contributed by atoms with E-state index in [1.54, 1.807) is 11.3 Å². The number of aromatic nitrogens is 2. The SMILES string of the molecule is Fc1cc(-c2cn3c4c(sc3n2)CCCC4)c(Cl)cc1Cl. The fourth-order valence-corrected chi connectivity index (χ4v) is 4.48. The topological polar surface area (TPSA) is 17.3 Å². The maximum Gasteiger partial charge on any atom is 0.194 e. The predicted octanol–water partition coefficient (Wildman–Crippen LogP) is 5.39. The molecule has 0 radical (unpaired) electrons. The number of thiazole rings is 1. The van der Waals surface area contributed by atoms with E-state index in [1.807, 2.05) is 6.20 Å². The van der Waals surface area contributed by atoms with Gasteiger partial charge in [0.15, 0.2) is 4.96 Å². The van der Waals surface area contributed by atoms with Crippen molar-refractivity contribution in [2.45, 2.75) is 25.7 Å². The van der Waals surface area contributed by atoms with Crippen molar-refractivity contribution in [1.82, 2.24) is 9.38 Å². The van der Waals surface area contributed by atoms with E-state index in [9.17, 15) is 4.39 Å². The Labute approximate surface area is 135 Å². The highest BCUT2D eigenvalue weighted by molar-refractivity contribution is 7.17. The molecule has 0 amide bonds. The smallest absolute Gasteiger partial charge is 0.194 e. The number of nitrogens with zero attached hydrogens (tertiary/aromatic N) is 2. The minimum atomic E-state index is -0.477. The van der Waals surface area contributed by atoms with E-state index in [0.717, 1.165) is 17.8 Å². The molecule has 0 N–H and O–H groups in total. The second kappa shape index (κ2) is 4.97. The number of rotatable bonds is 1. The van der Waals surface area contributed by atoms with Gasteiger partial charge in [0.2, 0.25) is 0 Å². The molecular weight excluding hydrogens is 330 g/mol. The molecule has 0 fully saturated rings. The van der Waals surface area contributed by atoms with Gasteiger partial charge < -0.3 is 0 Å². The van der Waals surface area contributed by atoms with Gasteiger partial charge >= 0.3 is 0 Å². The molecule has 2 heterocycles. The standard InChI is InChI=1S/C15H11Cl2FN2S/c16-9-6-10(17)11(18)5-8(9)12-7-20-13-3-1-2-4-14(13)21-15(20)19-12/h5-7H,1-4H2. The highest BCUT2D eigenvalue weighted by Gasteiger charge is 2.19. The fraction of sp³-hybridized carbons (Fsp3) is 0.267. The monoisotopic (exact) mass is 340 g/mol. The molecule has 0 spiro atoms. The zero-order valence-electron chi connectivity index (χ0n) is 11.0. The van der Waals surface area contributed by atoms with Gasteiger partial charge in [0.05, 0.1) is 15.7 Å². The number of hydrogen-bond donors (Lipinski definition) is 0. The Kier molecular flexibility index (Phi) is 3.21. The van der Waals surface area contributed by atoms with Crippen molar-refractivity contribution in [2.75, 3.05) is 0 Å². The molecule has 0 saturated carbocycles. The first-order valence-corrected chi connectivity index (χ1v) is 8.35. The number of hydrogen-bond acceptors (Lipinski definition) is 2. The Bertz CT molecular complexity index is 853. The van der Waals surface area contributed by atoms with E-state index in [2.05, 4.69) is 9.38 Å². The van der Waals surface area contributed by atoms with Gasteiger partial charge in [0.1, 0.15) is 5.82 Å². The lowest BCUT2D eigenvalue weighted by molar-refractivity contribution is 0.628. The van der Waals surface area contributed by atoms with Crippen LogP contribution in [0.4, 0.5) is 4.39 Å². The summed E-state index contributed by atoms with van der Waals surface area (Å²) in [4.78, 5) is 6.97. The third kappa shape index (κ3) is 2.17. The molecule has 1 aliphatic carbocycles. The van der Waals surface area contributed by atoms with Crippen LogP contribution in [0.15, 0.2) is 18.3 Å². The van der Waals surface area contributed by atoms with Crippen molar-refractivity contribution >= 4 is 39.5 Å². The van der Waals surface area contributed by atoms with Crippen LogP contribution in [0.5, 0.6) is 0 Å². The molecule has 4 rings (SSSR count). The van der Waals surface area contributed by atoms with Crippen molar-refractivity contribution in [2.24, 2.45) is 0 Å². The number of benzene rings is 1. The van der Waals surface area contributed by atoms with Crippen molar-refractivity contribution in [3.05, 3.63) is 44.8 Å². The van der Waals surface area contributed by atoms with E-state index in [4.69, 9.17) is 23.2 Å². The largest absolute Gasteiger partial charge is 0.294 e. The molecule has 0 saturated heterocycles. The average Bonchev–Trinajstić information content (AvgIpc) is 3.00. The summed E-state index contributed by atoms with van der Waals surface area (Å²) in [5.74, 6) is -0.477. The number of fused-ring (bicyclic) bond motifs is 3. The summed E-state index contributed by atoms with van der Waals surface area (Å²) in [7, 11) is 0. The summed E-state index contributed by atoms with van der Waals surface area (Å²) in [5, 5.41) is 0.447. The van der Waals surface area contributed by atoms with E-state index in [0.29, 0.717) is 16.3 Å². The second-order valence-electron chi connectivity index (χ2n) is 5.20. The zero-order chi connectivity index (χ0) is 14.6. The Hall–Kier alpha value is -1.10. The van der Waals surface area contributed by atoms with E-state index < -0.39 is 5.82 Å². The zero-order valence-corrected chi connectivity index (χ0v) is 13.3. The van der Waals surface area contributed by atoms with E-state index in [-0.39, 0.29) is 5.02 Å². The van der Waals surface area contributed by atoms with Gasteiger partial charge in [-0.3, -0.25) is 4.40 Å². The molecular formula is C15H11Cl2FN2S. The normalized spacial score (nSPS) is 14.6. The second-order valence-corrected chi connectivity index (χ2v) is 7.08. The van der Waals surface area contributed by atoms with Crippen LogP contribution >= 0.6 is 34.5 Å². The Morgan fingerprint density at radius 3 is 2.81 bits per heavy atom. The fourth-order valence-electron chi connectivity index (χ4n) is 2.81. The van der Waals surface area contributed by atoms with Gasteiger partial charge in [-0.1, -0.05) is 23.2 Å². The number of halogens is 3. The summed E-state index contributed by atoms with van der Waals surface area (Å²) in [6.45, 7) is 0.